The van der Waals surface area contributed by atoms with Crippen molar-refractivity contribution in [1.29, 1.82) is 0 Å². The summed E-state index contributed by atoms with van der Waals surface area (Å²) in [5.74, 6) is 0.796. The molecule has 1 N–H and O–H groups in total. The molecule has 1 aromatic carbocycles. The Labute approximate surface area is 150 Å². The van der Waals surface area contributed by atoms with Gasteiger partial charge in [0, 0.05) is 18.4 Å². The Morgan fingerprint density at radius 3 is 2.92 bits per heavy atom. The molecule has 1 fully saturated rings. The van der Waals surface area contributed by atoms with Gasteiger partial charge in [-0.25, -0.2) is 4.98 Å². The highest BCUT2D eigenvalue weighted by atomic mass is 16.5. The van der Waals surface area contributed by atoms with Gasteiger partial charge in [-0.05, 0) is 25.1 Å². The fourth-order valence-corrected chi connectivity index (χ4v) is 3.86. The third kappa shape index (κ3) is 2.50. The predicted octanol–water partition coefficient (Wildman–Crippen LogP) is 1.79. The van der Waals surface area contributed by atoms with Crippen molar-refractivity contribution in [2.45, 2.75) is 31.4 Å². The van der Waals surface area contributed by atoms with E-state index in [1.807, 2.05) is 25.1 Å². The molecule has 7 heteroatoms. The second-order valence-electron chi connectivity index (χ2n) is 6.83. The van der Waals surface area contributed by atoms with Gasteiger partial charge in [-0.2, -0.15) is 0 Å². The van der Waals surface area contributed by atoms with E-state index in [2.05, 4.69) is 10.3 Å². The molecular weight excluding hydrogens is 336 g/mol. The maximum atomic E-state index is 13.1. The molecule has 2 aliphatic rings. The summed E-state index contributed by atoms with van der Waals surface area (Å²) in [6, 6.07) is 5.00. The van der Waals surface area contributed by atoms with Crippen LogP contribution in [0.5, 0.6) is 11.5 Å². The summed E-state index contributed by atoms with van der Waals surface area (Å²) in [5, 5.41) is 3.82. The van der Waals surface area contributed by atoms with Crippen molar-refractivity contribution in [3.8, 4) is 11.5 Å². The highest BCUT2D eigenvalue weighted by Gasteiger charge is 2.49. The zero-order valence-corrected chi connectivity index (χ0v) is 14.9. The Morgan fingerprint density at radius 2 is 2.19 bits per heavy atom. The number of carbonyl (C=O) groups is 2. The second kappa shape index (κ2) is 5.95. The first kappa shape index (κ1) is 16.8. The van der Waals surface area contributed by atoms with E-state index in [0.717, 1.165) is 10.9 Å². The number of fused-ring (bicyclic) bond motifs is 3. The molecule has 26 heavy (non-hydrogen) atoms. The van der Waals surface area contributed by atoms with Gasteiger partial charge in [0.25, 0.3) is 0 Å². The van der Waals surface area contributed by atoms with Gasteiger partial charge in [0.05, 0.1) is 37.4 Å². The van der Waals surface area contributed by atoms with Crippen molar-refractivity contribution in [2.24, 2.45) is 0 Å². The fraction of sp³-hybridized carbons (Fsp3) is 0.421. The number of aryl methyl sites for hydroxylation is 1. The lowest BCUT2D eigenvalue weighted by Gasteiger charge is -2.35. The second-order valence-corrected chi connectivity index (χ2v) is 6.83. The number of hydrogen-bond acceptors (Lipinski definition) is 7. The number of hydrogen-bond donors (Lipinski definition) is 1. The molecule has 2 atom stereocenters. The van der Waals surface area contributed by atoms with Crippen LogP contribution in [0.15, 0.2) is 18.2 Å². The van der Waals surface area contributed by atoms with Crippen LogP contribution in [-0.2, 0) is 9.53 Å². The first-order chi connectivity index (χ1) is 12.5. The van der Waals surface area contributed by atoms with Gasteiger partial charge in [-0.1, -0.05) is 0 Å². The van der Waals surface area contributed by atoms with Gasteiger partial charge in [0.1, 0.15) is 17.4 Å². The number of Topliss-reactive ketones (excluding diaryl/α,β-unsaturated/α-hetero) is 1. The molecular formula is C19H20N2O5. The number of ether oxygens (including phenoxy) is 3. The van der Waals surface area contributed by atoms with Crippen LogP contribution in [0, 0.1) is 6.92 Å². The number of rotatable bonds is 2. The summed E-state index contributed by atoms with van der Waals surface area (Å²) >= 11 is 0. The van der Waals surface area contributed by atoms with Gasteiger partial charge in [0.2, 0.25) is 0 Å². The van der Waals surface area contributed by atoms with E-state index >= 15 is 0 Å². The number of ketones is 1. The lowest BCUT2D eigenvalue weighted by molar-refractivity contribution is -0.143. The van der Waals surface area contributed by atoms with E-state index in [1.165, 1.54) is 7.11 Å². The average molecular weight is 356 g/mol. The molecule has 1 aromatic heterocycles. The molecule has 1 saturated heterocycles. The molecule has 1 spiro atoms. The lowest BCUT2D eigenvalue weighted by Crippen LogP contribution is -2.44. The Balaban J connectivity index is 1.79. The van der Waals surface area contributed by atoms with Crippen LogP contribution in [0.2, 0.25) is 0 Å². The van der Waals surface area contributed by atoms with Crippen molar-refractivity contribution < 1.29 is 23.8 Å². The maximum absolute atomic E-state index is 13.1. The highest BCUT2D eigenvalue weighted by Crippen LogP contribution is 2.42. The standard InChI is InChI=1S/C19H20N2O5/c1-10-17-16(12-6-11(24-2)4-5-13(12)21-10)15(22)8-19(26-17)7-14(20-9-19)18(23)25-3/h4-6,14,20H,7-9H2,1-3H3. The predicted molar refractivity (Wildman–Crippen MR) is 93.8 cm³/mol. The summed E-state index contributed by atoms with van der Waals surface area (Å²) < 4.78 is 16.4. The first-order valence-electron chi connectivity index (χ1n) is 8.48. The molecule has 136 valence electrons. The molecule has 0 saturated carbocycles. The van der Waals surface area contributed by atoms with E-state index in [1.54, 1.807) is 7.11 Å². The van der Waals surface area contributed by atoms with E-state index in [9.17, 15) is 9.59 Å². The molecule has 0 bridgehead atoms. The third-order valence-electron chi connectivity index (χ3n) is 5.13. The van der Waals surface area contributed by atoms with Gasteiger partial charge in [-0.15, -0.1) is 0 Å². The molecule has 7 nitrogen and oxygen atoms in total. The van der Waals surface area contributed by atoms with E-state index in [-0.39, 0.29) is 18.2 Å². The highest BCUT2D eigenvalue weighted by molar-refractivity contribution is 6.11. The van der Waals surface area contributed by atoms with Crippen LogP contribution >= 0.6 is 0 Å². The molecule has 3 heterocycles. The van der Waals surface area contributed by atoms with Crippen LogP contribution in [0.25, 0.3) is 10.9 Å². The monoisotopic (exact) mass is 356 g/mol. The smallest absolute Gasteiger partial charge is 0.323 e. The number of esters is 1. The summed E-state index contributed by atoms with van der Waals surface area (Å²) in [6.07, 6.45) is 0.594. The number of pyridine rings is 1. The quantitative estimate of drug-likeness (QED) is 0.821. The number of nitrogens with one attached hydrogen (secondary N) is 1. The third-order valence-corrected chi connectivity index (χ3v) is 5.13. The minimum atomic E-state index is -0.748. The maximum Gasteiger partial charge on any atom is 0.323 e. The minimum Gasteiger partial charge on any atom is -0.497 e. The zero-order chi connectivity index (χ0) is 18.5. The van der Waals surface area contributed by atoms with Crippen LogP contribution in [-0.4, -0.2) is 49.1 Å². The Bertz CT molecular complexity index is 926. The number of benzene rings is 1. The summed E-state index contributed by atoms with van der Waals surface area (Å²) in [4.78, 5) is 29.5. The Hall–Kier alpha value is -2.67. The van der Waals surface area contributed by atoms with Crippen molar-refractivity contribution in [3.63, 3.8) is 0 Å². The van der Waals surface area contributed by atoms with Crippen LogP contribution in [0.1, 0.15) is 28.9 Å². The Kier molecular flexibility index (Phi) is 3.84. The van der Waals surface area contributed by atoms with Crippen molar-refractivity contribution in [1.82, 2.24) is 10.3 Å². The van der Waals surface area contributed by atoms with Crippen LogP contribution < -0.4 is 14.8 Å². The largest absolute Gasteiger partial charge is 0.497 e. The number of methoxy groups -OCH3 is 2. The van der Waals surface area contributed by atoms with Crippen LogP contribution in [0.4, 0.5) is 0 Å². The molecule has 0 radical (unpaired) electrons. The van der Waals surface area contributed by atoms with Crippen molar-refractivity contribution >= 4 is 22.7 Å². The molecule has 2 aliphatic heterocycles. The molecule has 4 rings (SSSR count). The molecule has 2 unspecified atom stereocenters. The number of carbonyl (C=O) groups excluding carboxylic acids is 2. The van der Waals surface area contributed by atoms with Gasteiger partial charge in [0.15, 0.2) is 11.5 Å². The fourth-order valence-electron chi connectivity index (χ4n) is 3.86. The summed E-state index contributed by atoms with van der Waals surface area (Å²) in [7, 11) is 2.93. The topological polar surface area (TPSA) is 86.8 Å². The van der Waals surface area contributed by atoms with Crippen molar-refractivity contribution in [2.75, 3.05) is 20.8 Å². The van der Waals surface area contributed by atoms with Crippen LogP contribution in [0.3, 0.4) is 0 Å². The minimum absolute atomic E-state index is 0.0117. The zero-order valence-electron chi connectivity index (χ0n) is 14.9. The average Bonchev–Trinajstić information content (AvgIpc) is 3.04. The number of aromatic nitrogens is 1. The summed E-state index contributed by atoms with van der Waals surface area (Å²) in [5.41, 5.74) is 1.18. The van der Waals surface area contributed by atoms with Gasteiger partial charge < -0.3 is 19.5 Å². The Morgan fingerprint density at radius 1 is 1.38 bits per heavy atom. The molecule has 0 aliphatic carbocycles. The van der Waals surface area contributed by atoms with E-state index in [4.69, 9.17) is 14.2 Å². The molecule has 0 amide bonds. The summed E-state index contributed by atoms with van der Waals surface area (Å²) in [6.45, 7) is 2.24. The van der Waals surface area contributed by atoms with Gasteiger partial charge in [-0.3, -0.25) is 9.59 Å². The van der Waals surface area contributed by atoms with Crippen molar-refractivity contribution in [3.05, 3.63) is 29.5 Å². The number of nitrogens with zero attached hydrogens (tertiary/aromatic N) is 1. The first-order valence-corrected chi connectivity index (χ1v) is 8.48. The van der Waals surface area contributed by atoms with E-state index in [0.29, 0.717) is 35.7 Å². The SMILES string of the molecule is COC(=O)C1CC2(CN1)CC(=O)c1c(c(C)nc3ccc(OC)cc13)O2. The normalized spacial score (nSPS) is 24.4. The van der Waals surface area contributed by atoms with Gasteiger partial charge >= 0.3 is 5.97 Å². The van der Waals surface area contributed by atoms with E-state index < -0.39 is 11.6 Å². The lowest BCUT2D eigenvalue weighted by atomic mass is 9.86. The molecule has 2 aromatic rings.